The van der Waals surface area contributed by atoms with Gasteiger partial charge in [-0.3, -0.25) is 0 Å². The maximum absolute atomic E-state index is 5.83. The van der Waals surface area contributed by atoms with E-state index in [9.17, 15) is 0 Å². The highest BCUT2D eigenvalue weighted by Gasteiger charge is 2.26. The minimum atomic E-state index is 0.194. The summed E-state index contributed by atoms with van der Waals surface area (Å²) in [6, 6.07) is 0.341. The van der Waals surface area contributed by atoms with E-state index in [-0.39, 0.29) is 6.10 Å². The van der Waals surface area contributed by atoms with Gasteiger partial charge >= 0.3 is 0 Å². The van der Waals surface area contributed by atoms with Gasteiger partial charge in [0.25, 0.3) is 0 Å². The molecule has 1 fully saturated rings. The van der Waals surface area contributed by atoms with Gasteiger partial charge in [0.1, 0.15) is 0 Å². The predicted molar refractivity (Wildman–Crippen MR) is 69.2 cm³/mol. The first-order valence-electron chi connectivity index (χ1n) is 6.97. The van der Waals surface area contributed by atoms with Crippen LogP contribution in [0.4, 0.5) is 0 Å². The van der Waals surface area contributed by atoms with Gasteiger partial charge in [0, 0.05) is 0 Å². The zero-order valence-corrected chi connectivity index (χ0v) is 10.9. The predicted octanol–water partition coefficient (Wildman–Crippen LogP) is 2.27. The summed E-state index contributed by atoms with van der Waals surface area (Å²) in [7, 11) is 2.03. The molecule has 2 aliphatic rings. The molecule has 0 aromatic carbocycles. The Morgan fingerprint density at radius 3 is 2.88 bits per heavy atom. The maximum atomic E-state index is 5.83. The fraction of sp³-hybridized carbons (Fsp3) is 0.857. The van der Waals surface area contributed by atoms with Crippen LogP contribution in [-0.2, 0) is 9.47 Å². The Balaban J connectivity index is 1.98. The molecule has 98 valence electrons. The van der Waals surface area contributed by atoms with Crippen LogP contribution >= 0.6 is 0 Å². The van der Waals surface area contributed by atoms with Crippen LogP contribution in [0, 0.1) is 0 Å². The molecule has 1 N–H and O–H groups in total. The summed E-state index contributed by atoms with van der Waals surface area (Å²) in [5, 5.41) is 3.42. The van der Waals surface area contributed by atoms with Crippen molar-refractivity contribution in [3.8, 4) is 0 Å². The molecule has 0 aromatic rings. The number of rotatable bonds is 3. The summed E-state index contributed by atoms with van der Waals surface area (Å²) in [4.78, 5) is 0. The van der Waals surface area contributed by atoms with Crippen LogP contribution in [0.1, 0.15) is 38.5 Å². The van der Waals surface area contributed by atoms with Gasteiger partial charge in [0.15, 0.2) is 0 Å². The largest absolute Gasteiger partial charge is 0.376 e. The monoisotopic (exact) mass is 239 g/mol. The Morgan fingerprint density at radius 1 is 1.24 bits per heavy atom. The quantitative estimate of drug-likeness (QED) is 0.766. The Kier molecular flexibility index (Phi) is 5.49. The van der Waals surface area contributed by atoms with E-state index in [0.717, 1.165) is 19.8 Å². The highest BCUT2D eigenvalue weighted by atomic mass is 16.6. The molecule has 2 rings (SSSR count). The van der Waals surface area contributed by atoms with Gasteiger partial charge in [-0.05, 0) is 32.7 Å². The van der Waals surface area contributed by atoms with Gasteiger partial charge in [-0.2, -0.15) is 0 Å². The summed E-state index contributed by atoms with van der Waals surface area (Å²) in [5.41, 5.74) is 1.53. The van der Waals surface area contributed by atoms with E-state index >= 15 is 0 Å². The average molecular weight is 239 g/mol. The molecule has 2 atom stereocenters. The second-order valence-corrected chi connectivity index (χ2v) is 4.98. The summed E-state index contributed by atoms with van der Waals surface area (Å²) < 4.78 is 11.3. The molecule has 0 aromatic heterocycles. The number of ether oxygens (including phenoxy) is 2. The molecule has 0 radical (unpaired) electrons. The zero-order chi connectivity index (χ0) is 11.9. The van der Waals surface area contributed by atoms with Gasteiger partial charge < -0.3 is 14.8 Å². The topological polar surface area (TPSA) is 30.5 Å². The van der Waals surface area contributed by atoms with E-state index in [1.54, 1.807) is 0 Å². The second-order valence-electron chi connectivity index (χ2n) is 4.98. The van der Waals surface area contributed by atoms with Crippen LogP contribution in [0.15, 0.2) is 11.6 Å². The van der Waals surface area contributed by atoms with Gasteiger partial charge in [-0.25, -0.2) is 0 Å². The van der Waals surface area contributed by atoms with Crippen LogP contribution in [0.2, 0.25) is 0 Å². The second kappa shape index (κ2) is 7.14. The Hall–Kier alpha value is -0.380. The van der Waals surface area contributed by atoms with Crippen molar-refractivity contribution in [2.75, 3.05) is 26.9 Å². The van der Waals surface area contributed by atoms with Gasteiger partial charge in [0.05, 0.1) is 32.0 Å². The first-order chi connectivity index (χ1) is 8.42. The SMILES string of the molecule is CNC(C1=CCCCCCC1)C1COCCO1. The molecule has 0 bridgehead atoms. The molecule has 0 saturated carbocycles. The smallest absolute Gasteiger partial charge is 0.1000 e. The molecule has 3 heteroatoms. The molecule has 17 heavy (non-hydrogen) atoms. The lowest BCUT2D eigenvalue weighted by Crippen LogP contribution is -2.46. The van der Waals surface area contributed by atoms with Crippen molar-refractivity contribution in [2.24, 2.45) is 0 Å². The van der Waals surface area contributed by atoms with Gasteiger partial charge in [-0.1, -0.05) is 24.5 Å². The maximum Gasteiger partial charge on any atom is 0.1000 e. The standard InChI is InChI=1S/C14H25NO2/c1-15-14(13-11-16-9-10-17-13)12-7-5-3-2-4-6-8-12/h7,13-15H,2-6,8-11H2,1H3. The number of likely N-dealkylation sites (N-methyl/N-ethyl adjacent to an activating group) is 1. The van der Waals surface area contributed by atoms with Crippen molar-refractivity contribution >= 4 is 0 Å². The van der Waals surface area contributed by atoms with Crippen molar-refractivity contribution in [2.45, 2.75) is 50.7 Å². The van der Waals surface area contributed by atoms with Crippen molar-refractivity contribution in [3.63, 3.8) is 0 Å². The lowest BCUT2D eigenvalue weighted by atomic mass is 9.92. The van der Waals surface area contributed by atoms with Crippen molar-refractivity contribution < 1.29 is 9.47 Å². The molecule has 3 nitrogen and oxygen atoms in total. The minimum Gasteiger partial charge on any atom is -0.376 e. The molecular weight excluding hydrogens is 214 g/mol. The van der Waals surface area contributed by atoms with E-state index in [1.165, 1.54) is 44.1 Å². The van der Waals surface area contributed by atoms with Crippen LogP contribution in [0.25, 0.3) is 0 Å². The molecule has 0 spiro atoms. The average Bonchev–Trinajstić information content (AvgIpc) is 2.34. The molecule has 2 unspecified atom stereocenters. The Morgan fingerprint density at radius 2 is 2.12 bits per heavy atom. The van der Waals surface area contributed by atoms with Crippen molar-refractivity contribution in [1.29, 1.82) is 0 Å². The molecule has 1 heterocycles. The van der Waals surface area contributed by atoms with E-state index in [1.807, 2.05) is 7.05 Å². The normalized spacial score (nSPS) is 29.0. The van der Waals surface area contributed by atoms with Crippen LogP contribution in [0.5, 0.6) is 0 Å². The highest BCUT2D eigenvalue weighted by molar-refractivity contribution is 5.14. The van der Waals surface area contributed by atoms with Crippen LogP contribution in [0.3, 0.4) is 0 Å². The minimum absolute atomic E-state index is 0.194. The summed E-state index contributed by atoms with van der Waals surface area (Å²) in [6.45, 7) is 2.20. The summed E-state index contributed by atoms with van der Waals surface area (Å²) in [5.74, 6) is 0. The fourth-order valence-electron chi connectivity index (χ4n) is 2.81. The van der Waals surface area contributed by atoms with Gasteiger partial charge in [-0.15, -0.1) is 0 Å². The Bertz CT molecular complexity index is 247. The number of hydrogen-bond acceptors (Lipinski definition) is 3. The van der Waals surface area contributed by atoms with Crippen LogP contribution in [-0.4, -0.2) is 39.0 Å². The van der Waals surface area contributed by atoms with Gasteiger partial charge in [0.2, 0.25) is 0 Å². The Labute approximate surface area is 105 Å². The lowest BCUT2D eigenvalue weighted by Gasteiger charge is -2.32. The molecule has 0 amide bonds. The molecular formula is C14H25NO2. The third kappa shape index (κ3) is 3.80. The van der Waals surface area contributed by atoms with Crippen molar-refractivity contribution in [1.82, 2.24) is 5.32 Å². The fourth-order valence-corrected chi connectivity index (χ4v) is 2.81. The summed E-state index contributed by atoms with van der Waals surface area (Å²) in [6.07, 6.45) is 10.5. The number of hydrogen-bond donors (Lipinski definition) is 1. The van der Waals surface area contributed by atoms with E-state index in [4.69, 9.17) is 9.47 Å². The first kappa shape index (κ1) is 13.1. The molecule has 1 aliphatic heterocycles. The third-order valence-corrected chi connectivity index (χ3v) is 3.75. The molecule has 1 saturated heterocycles. The first-order valence-corrected chi connectivity index (χ1v) is 6.97. The van der Waals surface area contributed by atoms with Crippen molar-refractivity contribution in [3.05, 3.63) is 11.6 Å². The lowest BCUT2D eigenvalue weighted by molar-refractivity contribution is -0.0964. The van der Waals surface area contributed by atoms with E-state index in [0.29, 0.717) is 6.04 Å². The van der Waals surface area contributed by atoms with Crippen LogP contribution < -0.4 is 5.32 Å². The third-order valence-electron chi connectivity index (χ3n) is 3.75. The van der Waals surface area contributed by atoms with E-state index < -0.39 is 0 Å². The van der Waals surface area contributed by atoms with E-state index in [2.05, 4.69) is 11.4 Å². The summed E-state index contributed by atoms with van der Waals surface area (Å²) >= 11 is 0. The highest BCUT2D eigenvalue weighted by Crippen LogP contribution is 2.23. The zero-order valence-electron chi connectivity index (χ0n) is 10.9. The molecule has 1 aliphatic carbocycles. The number of allylic oxidation sites excluding steroid dienone is 1. The number of nitrogens with one attached hydrogen (secondary N) is 1.